The second kappa shape index (κ2) is 4.68. The normalized spacial score (nSPS) is 9.79. The number of thiophene rings is 1. The summed E-state index contributed by atoms with van der Waals surface area (Å²) in [5.74, 6) is -0.334. The van der Waals surface area contributed by atoms with Gasteiger partial charge in [-0.2, -0.15) is 0 Å². The molecule has 3 N–H and O–H groups in total. The molecule has 0 bridgehead atoms. The molecule has 0 radical (unpaired) electrons. The summed E-state index contributed by atoms with van der Waals surface area (Å²) >= 11 is 0.928. The molecule has 0 fully saturated rings. The standard InChI is InChI=1S/C7H9N3O3S/c8-1-2-9-7(11)5-3-6(10(12)13)14-4-5/h3-4H,1-2,8H2,(H,9,11). The number of rotatable bonds is 4. The van der Waals surface area contributed by atoms with Crippen molar-refractivity contribution in [3.05, 3.63) is 27.1 Å². The van der Waals surface area contributed by atoms with E-state index in [-0.39, 0.29) is 10.9 Å². The minimum atomic E-state index is -0.523. The van der Waals surface area contributed by atoms with Crippen LogP contribution in [0.3, 0.4) is 0 Å². The molecule has 0 saturated carbocycles. The second-order valence-electron chi connectivity index (χ2n) is 2.48. The van der Waals surface area contributed by atoms with Gasteiger partial charge in [0.1, 0.15) is 0 Å². The van der Waals surface area contributed by atoms with Gasteiger partial charge >= 0.3 is 5.00 Å². The summed E-state index contributed by atoms with van der Waals surface area (Å²) in [4.78, 5) is 21.0. The van der Waals surface area contributed by atoms with Gasteiger partial charge in [0, 0.05) is 24.5 Å². The number of hydrogen-bond acceptors (Lipinski definition) is 5. The summed E-state index contributed by atoms with van der Waals surface area (Å²) in [6, 6.07) is 1.25. The highest BCUT2D eigenvalue weighted by atomic mass is 32.1. The average Bonchev–Trinajstić information content (AvgIpc) is 2.62. The molecular formula is C7H9N3O3S. The van der Waals surface area contributed by atoms with Crippen LogP contribution < -0.4 is 11.1 Å². The first-order valence-electron chi connectivity index (χ1n) is 3.86. The van der Waals surface area contributed by atoms with E-state index in [0.717, 1.165) is 11.3 Å². The van der Waals surface area contributed by atoms with E-state index in [0.29, 0.717) is 18.7 Å². The minimum absolute atomic E-state index is 0.0390. The molecule has 14 heavy (non-hydrogen) atoms. The molecule has 1 rings (SSSR count). The molecule has 1 aromatic heterocycles. The first kappa shape index (κ1) is 10.6. The zero-order valence-corrected chi connectivity index (χ0v) is 8.04. The molecular weight excluding hydrogens is 206 g/mol. The van der Waals surface area contributed by atoms with Crippen LogP contribution in [0, 0.1) is 10.1 Å². The van der Waals surface area contributed by atoms with E-state index in [1.807, 2.05) is 0 Å². The number of hydrogen-bond donors (Lipinski definition) is 2. The van der Waals surface area contributed by atoms with Gasteiger partial charge in [-0.05, 0) is 0 Å². The van der Waals surface area contributed by atoms with Crippen LogP contribution >= 0.6 is 11.3 Å². The van der Waals surface area contributed by atoms with Crippen molar-refractivity contribution in [3.8, 4) is 0 Å². The van der Waals surface area contributed by atoms with Crippen molar-refractivity contribution in [2.45, 2.75) is 0 Å². The van der Waals surface area contributed by atoms with E-state index in [4.69, 9.17) is 5.73 Å². The Bertz CT molecular complexity index is 350. The van der Waals surface area contributed by atoms with Crippen molar-refractivity contribution in [2.75, 3.05) is 13.1 Å². The molecule has 1 heterocycles. The van der Waals surface area contributed by atoms with Gasteiger partial charge in [0.2, 0.25) is 0 Å². The Kier molecular flexibility index (Phi) is 3.55. The molecule has 0 aliphatic carbocycles. The van der Waals surface area contributed by atoms with E-state index in [1.54, 1.807) is 0 Å². The molecule has 7 heteroatoms. The Balaban J connectivity index is 2.66. The molecule has 0 aliphatic heterocycles. The minimum Gasteiger partial charge on any atom is -0.351 e. The SMILES string of the molecule is NCCNC(=O)c1csc([N+](=O)[O-])c1. The van der Waals surface area contributed by atoms with Gasteiger partial charge in [0.25, 0.3) is 5.91 Å². The Hall–Kier alpha value is -1.47. The predicted octanol–water partition coefficient (Wildman–Crippen LogP) is 0.345. The van der Waals surface area contributed by atoms with Crippen LogP contribution in [0.2, 0.25) is 0 Å². The van der Waals surface area contributed by atoms with E-state index in [9.17, 15) is 14.9 Å². The number of nitrogens with one attached hydrogen (secondary N) is 1. The van der Waals surface area contributed by atoms with Crippen molar-refractivity contribution >= 4 is 22.2 Å². The average molecular weight is 215 g/mol. The van der Waals surface area contributed by atoms with Gasteiger partial charge < -0.3 is 11.1 Å². The van der Waals surface area contributed by atoms with Crippen molar-refractivity contribution < 1.29 is 9.72 Å². The molecule has 6 nitrogen and oxygen atoms in total. The van der Waals surface area contributed by atoms with Crippen molar-refractivity contribution in [1.29, 1.82) is 0 Å². The van der Waals surface area contributed by atoms with E-state index in [2.05, 4.69) is 5.32 Å². The first-order valence-corrected chi connectivity index (χ1v) is 4.74. The van der Waals surface area contributed by atoms with Gasteiger partial charge in [-0.1, -0.05) is 11.3 Å². The lowest BCUT2D eigenvalue weighted by Gasteiger charge is -1.98. The summed E-state index contributed by atoms with van der Waals surface area (Å²) in [7, 11) is 0. The quantitative estimate of drug-likeness (QED) is 0.559. The molecule has 0 atom stereocenters. The zero-order valence-electron chi connectivity index (χ0n) is 7.23. The van der Waals surface area contributed by atoms with E-state index >= 15 is 0 Å². The monoisotopic (exact) mass is 215 g/mol. The predicted molar refractivity (Wildman–Crippen MR) is 52.4 cm³/mol. The fourth-order valence-corrected chi connectivity index (χ4v) is 1.53. The summed E-state index contributed by atoms with van der Waals surface area (Å²) in [6.45, 7) is 0.709. The van der Waals surface area contributed by atoms with Crippen molar-refractivity contribution in [1.82, 2.24) is 5.32 Å². The first-order chi connectivity index (χ1) is 6.65. The summed E-state index contributed by atoms with van der Waals surface area (Å²) in [6.07, 6.45) is 0. The van der Waals surface area contributed by atoms with Gasteiger partial charge in [0.15, 0.2) is 0 Å². The number of nitrogens with two attached hydrogens (primary N) is 1. The van der Waals surface area contributed by atoms with E-state index < -0.39 is 4.92 Å². The number of carbonyl (C=O) groups excluding carboxylic acids is 1. The number of carbonyl (C=O) groups is 1. The Morgan fingerprint density at radius 1 is 1.71 bits per heavy atom. The maximum atomic E-state index is 11.3. The van der Waals surface area contributed by atoms with Crippen LogP contribution in [0.25, 0.3) is 0 Å². The van der Waals surface area contributed by atoms with E-state index in [1.165, 1.54) is 11.4 Å². The lowest BCUT2D eigenvalue weighted by molar-refractivity contribution is -0.380. The molecule has 0 aromatic carbocycles. The maximum Gasteiger partial charge on any atom is 0.324 e. The molecule has 1 aromatic rings. The molecule has 0 spiro atoms. The van der Waals surface area contributed by atoms with Gasteiger partial charge in [-0.15, -0.1) is 0 Å². The summed E-state index contributed by atoms with van der Waals surface area (Å²) in [5, 5.41) is 14.2. The molecule has 0 aliphatic rings. The molecule has 1 amide bonds. The fraction of sp³-hybridized carbons (Fsp3) is 0.286. The zero-order chi connectivity index (χ0) is 10.6. The lowest BCUT2D eigenvalue weighted by atomic mass is 10.3. The third-order valence-corrected chi connectivity index (χ3v) is 2.34. The highest BCUT2D eigenvalue weighted by molar-refractivity contribution is 7.13. The number of nitrogens with zero attached hydrogens (tertiary/aromatic N) is 1. The third-order valence-electron chi connectivity index (χ3n) is 1.46. The van der Waals surface area contributed by atoms with Gasteiger partial charge in [-0.3, -0.25) is 14.9 Å². The number of nitro groups is 1. The third kappa shape index (κ3) is 2.51. The molecule has 0 unspecified atom stereocenters. The van der Waals surface area contributed by atoms with Crippen LogP contribution in [0.4, 0.5) is 5.00 Å². The van der Waals surface area contributed by atoms with Crippen LogP contribution in [0.5, 0.6) is 0 Å². The van der Waals surface area contributed by atoms with Crippen LogP contribution in [0.1, 0.15) is 10.4 Å². The van der Waals surface area contributed by atoms with Gasteiger partial charge in [0.05, 0.1) is 10.5 Å². The van der Waals surface area contributed by atoms with Crippen molar-refractivity contribution in [2.24, 2.45) is 5.73 Å². The number of amides is 1. The highest BCUT2D eigenvalue weighted by Gasteiger charge is 2.13. The Morgan fingerprint density at radius 2 is 2.43 bits per heavy atom. The summed E-state index contributed by atoms with van der Waals surface area (Å²) < 4.78 is 0. The Morgan fingerprint density at radius 3 is 2.93 bits per heavy atom. The largest absolute Gasteiger partial charge is 0.351 e. The smallest absolute Gasteiger partial charge is 0.324 e. The van der Waals surface area contributed by atoms with Gasteiger partial charge in [-0.25, -0.2) is 0 Å². The Labute approximate surface area is 83.9 Å². The topological polar surface area (TPSA) is 98.3 Å². The highest BCUT2D eigenvalue weighted by Crippen LogP contribution is 2.22. The maximum absolute atomic E-state index is 11.3. The lowest BCUT2D eigenvalue weighted by Crippen LogP contribution is -2.28. The summed E-state index contributed by atoms with van der Waals surface area (Å²) in [5.41, 5.74) is 5.49. The van der Waals surface area contributed by atoms with Crippen LogP contribution in [-0.2, 0) is 0 Å². The molecule has 0 saturated heterocycles. The fourth-order valence-electron chi connectivity index (χ4n) is 0.827. The molecule has 76 valence electrons. The second-order valence-corrected chi connectivity index (χ2v) is 3.36. The van der Waals surface area contributed by atoms with Crippen molar-refractivity contribution in [3.63, 3.8) is 0 Å². The van der Waals surface area contributed by atoms with Crippen LogP contribution in [-0.4, -0.2) is 23.9 Å². The van der Waals surface area contributed by atoms with Crippen LogP contribution in [0.15, 0.2) is 11.4 Å².